The Kier molecular flexibility index (Phi) is 7.06. The van der Waals surface area contributed by atoms with Gasteiger partial charge < -0.3 is 9.08 Å². The van der Waals surface area contributed by atoms with Crippen molar-refractivity contribution in [3.63, 3.8) is 0 Å². The highest BCUT2D eigenvalue weighted by Gasteiger charge is 2.21. The average molecular weight is 341 g/mol. The summed E-state index contributed by atoms with van der Waals surface area (Å²) in [6, 6.07) is 6.99. The minimum atomic E-state index is -3.52. The highest BCUT2D eigenvalue weighted by Crippen LogP contribution is 2.18. The van der Waals surface area contributed by atoms with Crippen molar-refractivity contribution in [2.45, 2.75) is 53.6 Å². The van der Waals surface area contributed by atoms with Gasteiger partial charge in [0.1, 0.15) is 5.75 Å². The minimum absolute atomic E-state index is 0.0543. The fraction of sp³-hybridized carbons (Fsp3) is 0.588. The molecule has 0 aliphatic heterocycles. The van der Waals surface area contributed by atoms with Gasteiger partial charge in [0.05, 0.1) is 5.75 Å². The maximum absolute atomic E-state index is 12.4. The first-order valence-corrected chi connectivity index (χ1v) is 9.59. The molecule has 0 radical (unpaired) electrons. The van der Waals surface area contributed by atoms with E-state index >= 15 is 0 Å². The maximum atomic E-state index is 12.4. The second-order valence-corrected chi connectivity index (χ2v) is 7.81. The van der Waals surface area contributed by atoms with E-state index in [1.54, 1.807) is 24.3 Å². The third-order valence-electron chi connectivity index (χ3n) is 3.75. The van der Waals surface area contributed by atoms with Gasteiger partial charge in [0.2, 0.25) is 5.91 Å². The fourth-order valence-corrected chi connectivity index (χ4v) is 2.58. The molecule has 6 heteroatoms. The van der Waals surface area contributed by atoms with Gasteiger partial charge in [-0.05, 0) is 38.0 Å². The Bertz CT molecular complexity index is 608. The van der Waals surface area contributed by atoms with Crippen molar-refractivity contribution in [1.29, 1.82) is 0 Å². The van der Waals surface area contributed by atoms with Crippen LogP contribution in [-0.2, 0) is 21.5 Å². The molecule has 0 fully saturated rings. The predicted octanol–water partition coefficient (Wildman–Crippen LogP) is 3.20. The Morgan fingerprint density at radius 2 is 1.70 bits per heavy atom. The minimum Gasteiger partial charge on any atom is -0.382 e. The molecule has 1 aromatic rings. The van der Waals surface area contributed by atoms with Crippen molar-refractivity contribution in [2.24, 2.45) is 5.92 Å². The Balaban J connectivity index is 2.88. The van der Waals surface area contributed by atoms with Crippen molar-refractivity contribution < 1.29 is 17.4 Å². The van der Waals surface area contributed by atoms with Gasteiger partial charge in [-0.3, -0.25) is 4.79 Å². The number of carbonyl (C=O) groups excluding carboxylic acids is 1. The second-order valence-electron chi connectivity index (χ2n) is 5.95. The summed E-state index contributed by atoms with van der Waals surface area (Å²) in [6.45, 7) is 9.91. The van der Waals surface area contributed by atoms with E-state index in [2.05, 4.69) is 6.92 Å². The second kappa shape index (κ2) is 8.34. The standard InChI is InChI=1S/C17H27NO4S/c1-6-14(5)18(17(19)13(3)4)12-15-8-10-16(11-9-15)22-23(20,21)7-2/h8-11,13-14H,6-7,12H2,1-5H3/t14-/m0/s1. The molecule has 130 valence electrons. The summed E-state index contributed by atoms with van der Waals surface area (Å²) < 4.78 is 27.9. The first-order chi connectivity index (χ1) is 10.7. The van der Waals surface area contributed by atoms with Crippen LogP contribution in [0.4, 0.5) is 0 Å². The Hall–Kier alpha value is -1.56. The van der Waals surface area contributed by atoms with E-state index < -0.39 is 10.1 Å². The fourth-order valence-electron chi connectivity index (χ4n) is 2.06. The van der Waals surface area contributed by atoms with E-state index in [-0.39, 0.29) is 23.6 Å². The number of hydrogen-bond acceptors (Lipinski definition) is 4. The lowest BCUT2D eigenvalue weighted by Crippen LogP contribution is -2.40. The summed E-state index contributed by atoms with van der Waals surface area (Å²) in [6.07, 6.45) is 0.883. The zero-order valence-electron chi connectivity index (χ0n) is 14.6. The SMILES string of the molecule is CC[C@H](C)N(Cc1ccc(OS(=O)(=O)CC)cc1)C(=O)C(C)C. The number of hydrogen-bond donors (Lipinski definition) is 0. The average Bonchev–Trinajstić information content (AvgIpc) is 2.52. The summed E-state index contributed by atoms with van der Waals surface area (Å²) in [5, 5.41) is 0. The molecule has 0 aromatic heterocycles. The molecule has 1 atom stereocenters. The molecule has 0 heterocycles. The van der Waals surface area contributed by atoms with Gasteiger partial charge in [0, 0.05) is 18.5 Å². The van der Waals surface area contributed by atoms with Gasteiger partial charge in [-0.1, -0.05) is 32.9 Å². The molecule has 23 heavy (non-hydrogen) atoms. The number of carbonyl (C=O) groups is 1. The molecular weight excluding hydrogens is 314 g/mol. The largest absolute Gasteiger partial charge is 0.382 e. The predicted molar refractivity (Wildman–Crippen MR) is 91.7 cm³/mol. The molecule has 0 saturated carbocycles. The van der Waals surface area contributed by atoms with Gasteiger partial charge >= 0.3 is 10.1 Å². The molecule has 1 rings (SSSR count). The number of amides is 1. The third-order valence-corrected chi connectivity index (χ3v) is 4.91. The smallest absolute Gasteiger partial charge is 0.308 e. The van der Waals surface area contributed by atoms with Crippen LogP contribution in [-0.4, -0.2) is 31.0 Å². The van der Waals surface area contributed by atoms with Crippen molar-refractivity contribution in [3.8, 4) is 5.75 Å². The number of rotatable bonds is 8. The van der Waals surface area contributed by atoms with Crippen molar-refractivity contribution in [2.75, 3.05) is 5.75 Å². The Morgan fingerprint density at radius 1 is 1.13 bits per heavy atom. The third kappa shape index (κ3) is 5.86. The summed E-state index contributed by atoms with van der Waals surface area (Å²) in [4.78, 5) is 14.2. The van der Waals surface area contributed by atoms with E-state index in [4.69, 9.17) is 4.18 Å². The van der Waals surface area contributed by atoms with Gasteiger partial charge in [0.25, 0.3) is 0 Å². The Morgan fingerprint density at radius 3 is 2.13 bits per heavy atom. The van der Waals surface area contributed by atoms with Crippen molar-refractivity contribution in [3.05, 3.63) is 29.8 Å². The van der Waals surface area contributed by atoms with Crippen molar-refractivity contribution >= 4 is 16.0 Å². The molecule has 0 unspecified atom stereocenters. The van der Waals surface area contributed by atoms with Gasteiger partial charge in [-0.2, -0.15) is 8.42 Å². The molecule has 1 amide bonds. The molecular formula is C17H27NO4S. The van der Waals surface area contributed by atoms with Crippen LogP contribution in [0.25, 0.3) is 0 Å². The van der Waals surface area contributed by atoms with Crippen LogP contribution in [0, 0.1) is 5.92 Å². The summed E-state index contributed by atoms with van der Waals surface area (Å²) >= 11 is 0. The quantitative estimate of drug-likeness (QED) is 0.681. The molecule has 0 N–H and O–H groups in total. The number of benzene rings is 1. The Labute approximate surface area is 139 Å². The molecule has 0 aliphatic rings. The van der Waals surface area contributed by atoms with E-state index in [1.807, 2.05) is 25.7 Å². The van der Waals surface area contributed by atoms with Crippen LogP contribution in [0.2, 0.25) is 0 Å². The van der Waals surface area contributed by atoms with E-state index in [1.165, 1.54) is 6.92 Å². The van der Waals surface area contributed by atoms with Crippen LogP contribution in [0.3, 0.4) is 0 Å². The van der Waals surface area contributed by atoms with Crippen LogP contribution < -0.4 is 4.18 Å². The van der Waals surface area contributed by atoms with E-state index in [9.17, 15) is 13.2 Å². The molecule has 0 aliphatic carbocycles. The zero-order chi connectivity index (χ0) is 17.6. The van der Waals surface area contributed by atoms with E-state index in [0.717, 1.165) is 12.0 Å². The molecule has 0 spiro atoms. The molecule has 1 aromatic carbocycles. The summed E-state index contributed by atoms with van der Waals surface area (Å²) in [7, 11) is -3.52. The topological polar surface area (TPSA) is 63.7 Å². The normalized spacial score (nSPS) is 13.0. The molecule has 0 bridgehead atoms. The first kappa shape index (κ1) is 19.5. The lowest BCUT2D eigenvalue weighted by molar-refractivity contribution is -0.137. The van der Waals surface area contributed by atoms with Gasteiger partial charge in [-0.15, -0.1) is 0 Å². The molecule has 5 nitrogen and oxygen atoms in total. The highest BCUT2D eigenvalue weighted by atomic mass is 32.2. The van der Waals surface area contributed by atoms with E-state index in [0.29, 0.717) is 12.3 Å². The van der Waals surface area contributed by atoms with Gasteiger partial charge in [0.15, 0.2) is 0 Å². The zero-order valence-corrected chi connectivity index (χ0v) is 15.4. The summed E-state index contributed by atoms with van der Waals surface area (Å²) in [5.74, 6) is 0.287. The van der Waals surface area contributed by atoms with Crippen LogP contribution >= 0.6 is 0 Å². The van der Waals surface area contributed by atoms with Crippen LogP contribution in [0.1, 0.15) is 46.6 Å². The maximum Gasteiger partial charge on any atom is 0.308 e. The highest BCUT2D eigenvalue weighted by molar-refractivity contribution is 7.87. The lowest BCUT2D eigenvalue weighted by Gasteiger charge is -2.30. The summed E-state index contributed by atoms with van der Waals surface area (Å²) in [5.41, 5.74) is 0.945. The van der Waals surface area contributed by atoms with Crippen LogP contribution in [0.15, 0.2) is 24.3 Å². The monoisotopic (exact) mass is 341 g/mol. The lowest BCUT2D eigenvalue weighted by atomic mass is 10.1. The first-order valence-electron chi connectivity index (χ1n) is 8.01. The number of nitrogens with zero attached hydrogens (tertiary/aromatic N) is 1. The molecule has 0 saturated heterocycles. The van der Waals surface area contributed by atoms with Crippen molar-refractivity contribution in [1.82, 2.24) is 4.90 Å². The van der Waals surface area contributed by atoms with Gasteiger partial charge in [-0.25, -0.2) is 0 Å². The van der Waals surface area contributed by atoms with Crippen LogP contribution in [0.5, 0.6) is 5.75 Å².